The van der Waals surface area contributed by atoms with Crippen molar-refractivity contribution in [1.82, 2.24) is 4.31 Å². The minimum atomic E-state index is -4.74. The Hall–Kier alpha value is -1.86. The summed E-state index contributed by atoms with van der Waals surface area (Å²) in [5.74, 6) is 0. The highest BCUT2D eigenvalue weighted by Crippen LogP contribution is 2.35. The summed E-state index contributed by atoms with van der Waals surface area (Å²) in [7, 11) is -4.30. The Balaban J connectivity index is 2.51. The van der Waals surface area contributed by atoms with Crippen LogP contribution in [-0.4, -0.2) is 18.8 Å². The molecule has 2 aromatic carbocycles. The zero-order valence-corrected chi connectivity index (χ0v) is 14.1. The lowest BCUT2D eigenvalue weighted by Gasteiger charge is -2.27. The molecule has 0 atom stereocenters. The minimum absolute atomic E-state index is 0.00698. The van der Waals surface area contributed by atoms with E-state index in [4.69, 9.17) is 0 Å². The van der Waals surface area contributed by atoms with Crippen molar-refractivity contribution >= 4 is 10.0 Å². The second-order valence-corrected chi connectivity index (χ2v) is 7.48. The van der Waals surface area contributed by atoms with Gasteiger partial charge in [0, 0.05) is 12.6 Å². The van der Waals surface area contributed by atoms with Crippen LogP contribution in [0.1, 0.15) is 25.0 Å². The molecule has 0 saturated heterocycles. The SMILES string of the molecule is CC(C)N(Cc1ccccc1)S(=O)(=O)c1ccccc1C(F)(F)F. The Morgan fingerprint density at radius 3 is 2.04 bits per heavy atom. The number of hydrogen-bond donors (Lipinski definition) is 0. The molecule has 7 heteroatoms. The van der Waals surface area contributed by atoms with Crippen LogP contribution in [0, 0.1) is 0 Å². The van der Waals surface area contributed by atoms with Gasteiger partial charge >= 0.3 is 6.18 Å². The Morgan fingerprint density at radius 1 is 0.958 bits per heavy atom. The lowest BCUT2D eigenvalue weighted by Crippen LogP contribution is -2.37. The van der Waals surface area contributed by atoms with Crippen molar-refractivity contribution in [1.29, 1.82) is 0 Å². The van der Waals surface area contributed by atoms with E-state index in [2.05, 4.69) is 0 Å². The quantitative estimate of drug-likeness (QED) is 0.800. The molecule has 0 aliphatic carbocycles. The van der Waals surface area contributed by atoms with E-state index in [9.17, 15) is 21.6 Å². The first-order chi connectivity index (χ1) is 11.1. The molecule has 2 rings (SSSR count). The Labute approximate surface area is 139 Å². The number of sulfonamides is 1. The largest absolute Gasteiger partial charge is 0.417 e. The highest BCUT2D eigenvalue weighted by atomic mass is 32.2. The molecule has 24 heavy (non-hydrogen) atoms. The van der Waals surface area contributed by atoms with E-state index >= 15 is 0 Å². The second kappa shape index (κ2) is 6.94. The molecule has 130 valence electrons. The first-order valence-electron chi connectivity index (χ1n) is 7.36. The van der Waals surface area contributed by atoms with Gasteiger partial charge in [0.1, 0.15) is 0 Å². The Bertz CT molecular complexity index is 787. The lowest BCUT2D eigenvalue weighted by molar-refractivity contribution is -0.139. The predicted octanol–water partition coefficient (Wildman–Crippen LogP) is 4.30. The van der Waals surface area contributed by atoms with Crippen LogP contribution >= 0.6 is 0 Å². The van der Waals surface area contributed by atoms with Gasteiger partial charge in [-0.25, -0.2) is 8.42 Å². The predicted molar refractivity (Wildman–Crippen MR) is 85.8 cm³/mol. The molecule has 0 bridgehead atoms. The summed E-state index contributed by atoms with van der Waals surface area (Å²) in [6, 6.07) is 12.5. The monoisotopic (exact) mass is 357 g/mol. The molecule has 0 aromatic heterocycles. The van der Waals surface area contributed by atoms with E-state index in [1.165, 1.54) is 12.1 Å². The molecule has 0 N–H and O–H groups in total. The topological polar surface area (TPSA) is 37.4 Å². The third-order valence-electron chi connectivity index (χ3n) is 3.54. The number of alkyl halides is 3. The van der Waals surface area contributed by atoms with Gasteiger partial charge < -0.3 is 0 Å². The number of benzene rings is 2. The zero-order chi connectivity index (χ0) is 18.0. The van der Waals surface area contributed by atoms with Crippen LogP contribution < -0.4 is 0 Å². The van der Waals surface area contributed by atoms with Crippen LogP contribution in [0.2, 0.25) is 0 Å². The summed E-state index contributed by atoms with van der Waals surface area (Å²) < 4.78 is 66.4. The van der Waals surface area contributed by atoms with Gasteiger partial charge in [-0.1, -0.05) is 42.5 Å². The van der Waals surface area contributed by atoms with E-state index in [0.717, 1.165) is 16.4 Å². The third-order valence-corrected chi connectivity index (χ3v) is 5.62. The third kappa shape index (κ3) is 3.96. The van der Waals surface area contributed by atoms with Crippen molar-refractivity contribution in [3.63, 3.8) is 0 Å². The number of nitrogens with zero attached hydrogens (tertiary/aromatic N) is 1. The van der Waals surface area contributed by atoms with E-state index in [0.29, 0.717) is 5.56 Å². The van der Waals surface area contributed by atoms with Gasteiger partial charge in [0.05, 0.1) is 10.5 Å². The first kappa shape index (κ1) is 18.5. The maximum Gasteiger partial charge on any atom is 0.417 e. The normalized spacial score (nSPS) is 12.8. The molecule has 0 fully saturated rings. The lowest BCUT2D eigenvalue weighted by atomic mass is 10.2. The van der Waals surface area contributed by atoms with Crippen LogP contribution in [0.4, 0.5) is 13.2 Å². The van der Waals surface area contributed by atoms with E-state index in [-0.39, 0.29) is 6.54 Å². The van der Waals surface area contributed by atoms with E-state index in [1.54, 1.807) is 44.2 Å². The zero-order valence-electron chi connectivity index (χ0n) is 13.3. The molecule has 0 radical (unpaired) electrons. The maximum absolute atomic E-state index is 13.2. The fraction of sp³-hybridized carbons (Fsp3) is 0.294. The molecule has 0 amide bonds. The molecular formula is C17H18F3NO2S. The van der Waals surface area contributed by atoms with Gasteiger partial charge in [-0.2, -0.15) is 17.5 Å². The summed E-state index contributed by atoms with van der Waals surface area (Å²) in [5.41, 5.74) is -0.442. The summed E-state index contributed by atoms with van der Waals surface area (Å²) >= 11 is 0. The summed E-state index contributed by atoms with van der Waals surface area (Å²) in [6.07, 6.45) is -4.74. The maximum atomic E-state index is 13.2. The number of rotatable bonds is 5. The molecule has 3 nitrogen and oxygen atoms in total. The van der Waals surface area contributed by atoms with Crippen molar-refractivity contribution in [3.8, 4) is 0 Å². The van der Waals surface area contributed by atoms with E-state index in [1.807, 2.05) is 0 Å². The van der Waals surface area contributed by atoms with Crippen LogP contribution in [0.5, 0.6) is 0 Å². The highest BCUT2D eigenvalue weighted by Gasteiger charge is 2.39. The highest BCUT2D eigenvalue weighted by molar-refractivity contribution is 7.89. The van der Waals surface area contributed by atoms with E-state index < -0.39 is 32.7 Å². The molecule has 0 saturated carbocycles. The summed E-state index contributed by atoms with van der Waals surface area (Å²) in [4.78, 5) is -0.720. The Morgan fingerprint density at radius 2 is 1.50 bits per heavy atom. The standard InChI is InChI=1S/C17H18F3NO2S/c1-13(2)21(12-14-8-4-3-5-9-14)24(22,23)16-11-7-6-10-15(16)17(18,19)20/h3-11,13H,12H2,1-2H3. The minimum Gasteiger partial charge on any atom is -0.207 e. The average molecular weight is 357 g/mol. The first-order valence-corrected chi connectivity index (χ1v) is 8.80. The Kier molecular flexibility index (Phi) is 5.35. The molecule has 0 heterocycles. The van der Waals surface area contributed by atoms with Crippen LogP contribution in [0.15, 0.2) is 59.5 Å². The number of halogens is 3. The molecule has 2 aromatic rings. The van der Waals surface area contributed by atoms with Gasteiger partial charge in [-0.3, -0.25) is 0 Å². The van der Waals surface area contributed by atoms with Crippen LogP contribution in [0.25, 0.3) is 0 Å². The fourth-order valence-electron chi connectivity index (χ4n) is 2.36. The second-order valence-electron chi connectivity index (χ2n) is 5.62. The van der Waals surface area contributed by atoms with Gasteiger partial charge in [0.2, 0.25) is 10.0 Å². The van der Waals surface area contributed by atoms with Gasteiger partial charge in [0.25, 0.3) is 0 Å². The molecule has 0 aliphatic heterocycles. The van der Waals surface area contributed by atoms with Crippen molar-refractivity contribution in [2.75, 3.05) is 0 Å². The summed E-state index contributed by atoms with van der Waals surface area (Å²) in [5, 5.41) is 0. The van der Waals surface area contributed by atoms with Gasteiger partial charge in [-0.05, 0) is 31.5 Å². The van der Waals surface area contributed by atoms with Gasteiger partial charge in [-0.15, -0.1) is 0 Å². The van der Waals surface area contributed by atoms with Crippen molar-refractivity contribution in [2.24, 2.45) is 0 Å². The smallest absolute Gasteiger partial charge is 0.207 e. The molecule has 0 unspecified atom stereocenters. The van der Waals surface area contributed by atoms with Crippen LogP contribution in [-0.2, 0) is 22.7 Å². The molecular weight excluding hydrogens is 339 g/mol. The van der Waals surface area contributed by atoms with Crippen LogP contribution in [0.3, 0.4) is 0 Å². The van der Waals surface area contributed by atoms with Crippen molar-refractivity contribution in [3.05, 3.63) is 65.7 Å². The van der Waals surface area contributed by atoms with Crippen molar-refractivity contribution < 1.29 is 21.6 Å². The number of hydrogen-bond acceptors (Lipinski definition) is 2. The van der Waals surface area contributed by atoms with Crippen molar-refractivity contribution in [2.45, 2.75) is 37.5 Å². The average Bonchev–Trinajstić information content (AvgIpc) is 2.52. The molecule has 0 spiro atoms. The fourth-order valence-corrected chi connectivity index (χ4v) is 4.20. The summed E-state index contributed by atoms with van der Waals surface area (Å²) in [6.45, 7) is 3.28. The molecule has 0 aliphatic rings. The van der Waals surface area contributed by atoms with Gasteiger partial charge in [0.15, 0.2) is 0 Å².